The number of pyridine rings is 2. The first-order valence-electron chi connectivity index (χ1n) is 11.7. The highest BCUT2D eigenvalue weighted by Gasteiger charge is 2.20. The van der Waals surface area contributed by atoms with Gasteiger partial charge in [0.15, 0.2) is 0 Å². The zero-order valence-corrected chi connectivity index (χ0v) is 21.0. The van der Waals surface area contributed by atoms with Crippen molar-refractivity contribution in [1.82, 2.24) is 20.6 Å². The van der Waals surface area contributed by atoms with E-state index in [0.717, 1.165) is 46.0 Å². The van der Waals surface area contributed by atoms with Crippen molar-refractivity contribution >= 4 is 44.6 Å². The average molecular weight is 507 g/mol. The van der Waals surface area contributed by atoms with E-state index in [1.807, 2.05) is 36.6 Å². The van der Waals surface area contributed by atoms with E-state index in [0.29, 0.717) is 23.0 Å². The molecule has 1 aliphatic heterocycles. The summed E-state index contributed by atoms with van der Waals surface area (Å²) in [6.45, 7) is 3.42. The lowest BCUT2D eigenvalue weighted by Gasteiger charge is -2.22. The minimum Gasteiger partial charge on any atom is -0.381 e. The topological polar surface area (TPSA) is 93.2 Å². The highest BCUT2D eigenvalue weighted by Crippen LogP contribution is 2.29. The fourth-order valence-corrected chi connectivity index (χ4v) is 5.91. The molecule has 0 aromatic carbocycles. The molecule has 1 aliphatic rings. The number of hydrogen-bond acceptors (Lipinski definition) is 7. The number of hydrogen-bond donors (Lipinski definition) is 2. The SMILES string of the molecule is CCC(NC(=O)c1cc2ccncc2s1)c1cncc(-c2csc(C(=O)NC3CCOCC3)c2)c1. The molecule has 2 amide bonds. The molecular formula is C26H26N4O3S2. The molecule has 1 unspecified atom stereocenters. The smallest absolute Gasteiger partial charge is 0.261 e. The summed E-state index contributed by atoms with van der Waals surface area (Å²) in [6, 6.07) is 7.75. The molecule has 1 saturated heterocycles. The normalized spacial score (nSPS) is 15.1. The predicted molar refractivity (Wildman–Crippen MR) is 139 cm³/mol. The quantitative estimate of drug-likeness (QED) is 0.359. The van der Waals surface area contributed by atoms with Gasteiger partial charge in [0.1, 0.15) is 0 Å². The van der Waals surface area contributed by atoms with Gasteiger partial charge in [-0.2, -0.15) is 0 Å². The van der Waals surface area contributed by atoms with Crippen molar-refractivity contribution in [2.75, 3.05) is 13.2 Å². The van der Waals surface area contributed by atoms with Gasteiger partial charge in [-0.25, -0.2) is 0 Å². The van der Waals surface area contributed by atoms with E-state index >= 15 is 0 Å². The summed E-state index contributed by atoms with van der Waals surface area (Å²) in [6.07, 6.45) is 9.51. The second kappa shape index (κ2) is 10.6. The Morgan fingerprint density at radius 1 is 1.06 bits per heavy atom. The van der Waals surface area contributed by atoms with Crippen LogP contribution in [0, 0.1) is 0 Å². The largest absolute Gasteiger partial charge is 0.381 e. The summed E-state index contributed by atoms with van der Waals surface area (Å²) in [4.78, 5) is 35.5. The standard InChI is InChI=1S/C26H26N4O3S2/c1-2-21(30-26(32)23-10-16-3-6-27-14-24(16)35-23)18-9-17(12-28-13-18)19-11-22(34-15-19)25(31)29-20-4-7-33-8-5-20/h3,6,9-15,20-21H,2,4-5,7-8H2,1H3,(H,29,31)(H,30,32). The maximum atomic E-state index is 13.0. The van der Waals surface area contributed by atoms with Gasteiger partial charge in [-0.15, -0.1) is 22.7 Å². The third-order valence-corrected chi connectivity index (χ3v) is 8.15. The van der Waals surface area contributed by atoms with Crippen LogP contribution in [0.1, 0.15) is 57.1 Å². The molecule has 7 nitrogen and oxygen atoms in total. The van der Waals surface area contributed by atoms with Gasteiger partial charge >= 0.3 is 0 Å². The second-order valence-corrected chi connectivity index (χ2v) is 10.5. The number of nitrogens with one attached hydrogen (secondary N) is 2. The van der Waals surface area contributed by atoms with Crippen LogP contribution in [0.4, 0.5) is 0 Å². The Morgan fingerprint density at radius 3 is 2.71 bits per heavy atom. The lowest BCUT2D eigenvalue weighted by molar-refractivity contribution is 0.0698. The van der Waals surface area contributed by atoms with Crippen LogP contribution in [-0.4, -0.2) is 41.0 Å². The highest BCUT2D eigenvalue weighted by molar-refractivity contribution is 7.20. The molecule has 0 aliphatic carbocycles. The second-order valence-electron chi connectivity index (χ2n) is 8.53. The number of nitrogens with zero attached hydrogens (tertiary/aromatic N) is 2. The van der Waals surface area contributed by atoms with Gasteiger partial charge in [-0.1, -0.05) is 6.92 Å². The number of fused-ring (bicyclic) bond motifs is 1. The fourth-order valence-electron chi connectivity index (χ4n) is 4.16. The van der Waals surface area contributed by atoms with Gasteiger partial charge in [0.25, 0.3) is 11.8 Å². The number of rotatable bonds is 7. The van der Waals surface area contributed by atoms with E-state index in [2.05, 4.69) is 20.6 Å². The third-order valence-electron chi connectivity index (χ3n) is 6.14. The summed E-state index contributed by atoms with van der Waals surface area (Å²) in [7, 11) is 0. The lowest BCUT2D eigenvalue weighted by atomic mass is 10.0. The maximum absolute atomic E-state index is 13.0. The Morgan fingerprint density at radius 2 is 1.91 bits per heavy atom. The molecule has 35 heavy (non-hydrogen) atoms. The lowest BCUT2D eigenvalue weighted by Crippen LogP contribution is -2.38. The van der Waals surface area contributed by atoms with E-state index in [1.54, 1.807) is 24.8 Å². The first-order chi connectivity index (χ1) is 17.1. The number of ether oxygens (including phenoxy) is 1. The molecule has 5 heterocycles. The minimum atomic E-state index is -0.173. The molecule has 2 N–H and O–H groups in total. The Bertz CT molecular complexity index is 1310. The summed E-state index contributed by atoms with van der Waals surface area (Å²) >= 11 is 2.86. The Kier molecular flexibility index (Phi) is 7.17. The zero-order valence-electron chi connectivity index (χ0n) is 19.3. The molecule has 180 valence electrons. The molecule has 0 bridgehead atoms. The first-order valence-corrected chi connectivity index (χ1v) is 13.4. The van der Waals surface area contributed by atoms with Crippen LogP contribution >= 0.6 is 22.7 Å². The molecule has 9 heteroatoms. The molecule has 0 spiro atoms. The first kappa shape index (κ1) is 23.6. The Labute approximate surface area is 211 Å². The van der Waals surface area contributed by atoms with Crippen LogP contribution in [0.2, 0.25) is 0 Å². The summed E-state index contributed by atoms with van der Waals surface area (Å²) in [5, 5.41) is 9.25. The van der Waals surface area contributed by atoms with Crippen LogP contribution in [0.25, 0.3) is 21.2 Å². The van der Waals surface area contributed by atoms with Crippen molar-refractivity contribution in [3.05, 3.63) is 69.8 Å². The maximum Gasteiger partial charge on any atom is 0.261 e. The van der Waals surface area contributed by atoms with Gasteiger partial charge in [-0.3, -0.25) is 19.6 Å². The van der Waals surface area contributed by atoms with Gasteiger partial charge in [0.05, 0.1) is 20.5 Å². The number of aromatic nitrogens is 2. The molecule has 4 aromatic heterocycles. The van der Waals surface area contributed by atoms with Gasteiger partial charge in [0, 0.05) is 49.6 Å². The summed E-state index contributed by atoms with van der Waals surface area (Å²) in [5.41, 5.74) is 2.80. The van der Waals surface area contributed by atoms with Crippen molar-refractivity contribution in [3.8, 4) is 11.1 Å². The monoisotopic (exact) mass is 506 g/mol. The van der Waals surface area contributed by atoms with Gasteiger partial charge in [0.2, 0.25) is 0 Å². The van der Waals surface area contributed by atoms with E-state index in [-0.39, 0.29) is 23.9 Å². The highest BCUT2D eigenvalue weighted by atomic mass is 32.1. The molecule has 1 fully saturated rings. The molecular weight excluding hydrogens is 480 g/mol. The van der Waals surface area contributed by atoms with Crippen LogP contribution in [-0.2, 0) is 4.74 Å². The summed E-state index contributed by atoms with van der Waals surface area (Å²) in [5.74, 6) is -0.152. The van der Waals surface area contributed by atoms with Crippen molar-refractivity contribution in [1.29, 1.82) is 0 Å². The predicted octanol–water partition coefficient (Wildman–Crippen LogP) is 5.21. The Balaban J connectivity index is 1.29. The van der Waals surface area contributed by atoms with Crippen LogP contribution in [0.3, 0.4) is 0 Å². The molecule has 4 aromatic rings. The van der Waals surface area contributed by atoms with E-state index < -0.39 is 0 Å². The molecule has 0 saturated carbocycles. The van der Waals surface area contributed by atoms with Crippen LogP contribution in [0.15, 0.2) is 54.4 Å². The van der Waals surface area contributed by atoms with Gasteiger partial charge < -0.3 is 15.4 Å². The zero-order chi connectivity index (χ0) is 24.2. The van der Waals surface area contributed by atoms with Crippen molar-refractivity contribution in [3.63, 3.8) is 0 Å². The molecule has 5 rings (SSSR count). The van der Waals surface area contributed by atoms with Crippen molar-refractivity contribution < 1.29 is 14.3 Å². The van der Waals surface area contributed by atoms with Crippen molar-refractivity contribution in [2.45, 2.75) is 38.3 Å². The minimum absolute atomic E-state index is 0.0468. The van der Waals surface area contributed by atoms with Crippen LogP contribution < -0.4 is 10.6 Å². The molecule has 1 atom stereocenters. The number of carbonyl (C=O) groups is 2. The van der Waals surface area contributed by atoms with E-state index in [1.165, 1.54) is 22.7 Å². The van der Waals surface area contributed by atoms with E-state index in [9.17, 15) is 9.59 Å². The summed E-state index contributed by atoms with van der Waals surface area (Å²) < 4.78 is 6.36. The van der Waals surface area contributed by atoms with E-state index in [4.69, 9.17) is 4.74 Å². The third kappa shape index (κ3) is 5.42. The Hall–Kier alpha value is -3.14. The van der Waals surface area contributed by atoms with Crippen LogP contribution in [0.5, 0.6) is 0 Å². The number of amides is 2. The average Bonchev–Trinajstić information content (AvgIpc) is 3.56. The number of thiophene rings is 2. The van der Waals surface area contributed by atoms with Gasteiger partial charge in [-0.05, 0) is 65.4 Å². The van der Waals surface area contributed by atoms with Crippen molar-refractivity contribution in [2.24, 2.45) is 0 Å². The number of carbonyl (C=O) groups excluding carboxylic acids is 2. The molecule has 0 radical (unpaired) electrons. The fraction of sp³-hybridized carbons (Fsp3) is 0.308.